The zero-order valence-corrected chi connectivity index (χ0v) is 9.63. The molecule has 1 aliphatic heterocycles. The molecule has 2 heterocycles. The number of nitrogens with one attached hydrogen (secondary N) is 1. The molecular formula is C11H12N4O3. The fraction of sp³-hybridized carbons (Fsp3) is 0.364. The quantitative estimate of drug-likeness (QED) is 0.633. The van der Waals surface area contributed by atoms with Crippen LogP contribution in [0.4, 0.5) is 11.7 Å². The Labute approximate surface area is 103 Å². The number of rotatable bonds is 2. The maximum absolute atomic E-state index is 10.7. The Balaban J connectivity index is 1.97. The summed E-state index contributed by atoms with van der Waals surface area (Å²) in [5.74, 6) is 0. The van der Waals surface area contributed by atoms with Crippen molar-refractivity contribution in [3.05, 3.63) is 28.3 Å². The Morgan fingerprint density at radius 3 is 2.89 bits per heavy atom. The zero-order chi connectivity index (χ0) is 12.5. The third kappa shape index (κ3) is 1.88. The van der Waals surface area contributed by atoms with E-state index in [0.29, 0.717) is 17.1 Å². The topological polar surface area (TPSA) is 84.4 Å². The lowest BCUT2D eigenvalue weighted by atomic mass is 10.3. The number of aromatic nitrogens is 1. The van der Waals surface area contributed by atoms with Crippen LogP contribution in [0.3, 0.4) is 0 Å². The lowest BCUT2D eigenvalue weighted by molar-refractivity contribution is -0.384. The minimum Gasteiger partial charge on any atom is -0.423 e. The first-order valence-electron chi connectivity index (χ1n) is 5.75. The van der Waals surface area contributed by atoms with Crippen LogP contribution in [0.25, 0.3) is 11.1 Å². The van der Waals surface area contributed by atoms with Crippen LogP contribution in [0.15, 0.2) is 22.6 Å². The lowest BCUT2D eigenvalue weighted by Gasteiger charge is -2.25. The van der Waals surface area contributed by atoms with E-state index >= 15 is 0 Å². The van der Waals surface area contributed by atoms with Gasteiger partial charge in [-0.15, -0.1) is 0 Å². The van der Waals surface area contributed by atoms with E-state index in [4.69, 9.17) is 4.42 Å². The largest absolute Gasteiger partial charge is 0.423 e. The summed E-state index contributed by atoms with van der Waals surface area (Å²) >= 11 is 0. The summed E-state index contributed by atoms with van der Waals surface area (Å²) in [6.07, 6.45) is 0. The van der Waals surface area contributed by atoms with Gasteiger partial charge in [-0.3, -0.25) is 10.1 Å². The molecule has 0 radical (unpaired) electrons. The molecule has 3 rings (SSSR count). The first-order chi connectivity index (χ1) is 8.74. The van der Waals surface area contributed by atoms with Gasteiger partial charge in [-0.05, 0) is 6.07 Å². The van der Waals surface area contributed by atoms with Crippen molar-refractivity contribution in [1.82, 2.24) is 10.3 Å². The second-order valence-electron chi connectivity index (χ2n) is 4.14. The molecule has 1 N–H and O–H groups in total. The first kappa shape index (κ1) is 11.0. The highest BCUT2D eigenvalue weighted by Crippen LogP contribution is 2.25. The van der Waals surface area contributed by atoms with Crippen LogP contribution < -0.4 is 10.2 Å². The molecule has 7 heteroatoms. The van der Waals surface area contributed by atoms with E-state index in [1.165, 1.54) is 12.1 Å². The summed E-state index contributed by atoms with van der Waals surface area (Å²) in [6, 6.07) is 5.00. The second-order valence-corrected chi connectivity index (χ2v) is 4.14. The van der Waals surface area contributed by atoms with Gasteiger partial charge in [0.1, 0.15) is 5.52 Å². The van der Waals surface area contributed by atoms with Crippen LogP contribution in [0.2, 0.25) is 0 Å². The molecule has 0 spiro atoms. The summed E-state index contributed by atoms with van der Waals surface area (Å²) in [4.78, 5) is 16.6. The summed E-state index contributed by atoms with van der Waals surface area (Å²) in [5.41, 5.74) is 1.12. The highest BCUT2D eigenvalue weighted by Gasteiger charge is 2.17. The average molecular weight is 248 g/mol. The number of nitrogens with zero attached hydrogens (tertiary/aromatic N) is 3. The normalized spacial score (nSPS) is 16.1. The number of hydrogen-bond donors (Lipinski definition) is 1. The summed E-state index contributed by atoms with van der Waals surface area (Å²) in [7, 11) is 0. The molecule has 0 amide bonds. The third-order valence-corrected chi connectivity index (χ3v) is 2.96. The number of hydrogen-bond acceptors (Lipinski definition) is 6. The van der Waals surface area contributed by atoms with Gasteiger partial charge in [0, 0.05) is 32.2 Å². The average Bonchev–Trinajstić information content (AvgIpc) is 2.82. The van der Waals surface area contributed by atoms with Gasteiger partial charge in [0.2, 0.25) is 0 Å². The van der Waals surface area contributed by atoms with Crippen molar-refractivity contribution in [2.45, 2.75) is 0 Å². The molecule has 7 nitrogen and oxygen atoms in total. The van der Waals surface area contributed by atoms with Gasteiger partial charge in [-0.2, -0.15) is 4.98 Å². The number of anilines is 1. The molecule has 2 aromatic rings. The van der Waals surface area contributed by atoms with Crippen LogP contribution in [-0.4, -0.2) is 36.1 Å². The maximum Gasteiger partial charge on any atom is 0.298 e. The van der Waals surface area contributed by atoms with Crippen molar-refractivity contribution >= 4 is 22.8 Å². The van der Waals surface area contributed by atoms with Gasteiger partial charge in [-0.25, -0.2) is 0 Å². The molecule has 0 aliphatic carbocycles. The first-order valence-corrected chi connectivity index (χ1v) is 5.75. The van der Waals surface area contributed by atoms with Gasteiger partial charge in [0.05, 0.1) is 11.0 Å². The maximum atomic E-state index is 10.7. The highest BCUT2D eigenvalue weighted by molar-refractivity contribution is 5.77. The molecule has 1 fully saturated rings. The van der Waals surface area contributed by atoms with E-state index in [9.17, 15) is 10.1 Å². The summed E-state index contributed by atoms with van der Waals surface area (Å²) in [5, 5.41) is 13.9. The molecule has 0 unspecified atom stereocenters. The Hall–Kier alpha value is -2.15. The molecule has 94 valence electrons. The fourth-order valence-electron chi connectivity index (χ4n) is 2.01. The number of benzene rings is 1. The fourth-order valence-corrected chi connectivity index (χ4v) is 2.01. The summed E-state index contributed by atoms with van der Waals surface area (Å²) in [6.45, 7) is 3.43. The van der Waals surface area contributed by atoms with E-state index in [1.54, 1.807) is 6.07 Å². The lowest BCUT2D eigenvalue weighted by Crippen LogP contribution is -2.43. The van der Waals surface area contributed by atoms with Crippen LogP contribution in [0, 0.1) is 10.1 Å². The number of non-ortho nitro benzene ring substituents is 1. The van der Waals surface area contributed by atoms with Crippen molar-refractivity contribution < 1.29 is 9.34 Å². The highest BCUT2D eigenvalue weighted by atomic mass is 16.6. The number of nitro groups is 1. The van der Waals surface area contributed by atoms with Crippen LogP contribution in [-0.2, 0) is 0 Å². The van der Waals surface area contributed by atoms with Gasteiger partial charge in [-0.1, -0.05) is 0 Å². The van der Waals surface area contributed by atoms with Gasteiger partial charge < -0.3 is 14.6 Å². The third-order valence-electron chi connectivity index (χ3n) is 2.96. The molecule has 1 aliphatic rings. The predicted molar refractivity (Wildman–Crippen MR) is 65.7 cm³/mol. The van der Waals surface area contributed by atoms with Crippen molar-refractivity contribution in [2.75, 3.05) is 31.1 Å². The van der Waals surface area contributed by atoms with Crippen molar-refractivity contribution in [3.63, 3.8) is 0 Å². The minimum atomic E-state index is -0.438. The Kier molecular flexibility index (Phi) is 2.60. The molecule has 1 aromatic carbocycles. The zero-order valence-electron chi connectivity index (χ0n) is 9.63. The molecule has 0 atom stereocenters. The molecular weight excluding hydrogens is 236 g/mol. The van der Waals surface area contributed by atoms with Crippen LogP contribution >= 0.6 is 0 Å². The standard InChI is InChI=1S/C11H12N4O3/c16-15(17)8-1-2-9-10(7-8)18-11(13-9)14-5-3-12-4-6-14/h1-2,7,12H,3-6H2. The van der Waals surface area contributed by atoms with E-state index < -0.39 is 4.92 Å². The van der Waals surface area contributed by atoms with E-state index in [-0.39, 0.29) is 5.69 Å². The van der Waals surface area contributed by atoms with E-state index in [1.807, 2.05) is 4.90 Å². The Morgan fingerprint density at radius 2 is 2.17 bits per heavy atom. The Morgan fingerprint density at radius 1 is 1.39 bits per heavy atom. The van der Waals surface area contributed by atoms with Crippen LogP contribution in [0.5, 0.6) is 0 Å². The van der Waals surface area contributed by atoms with Crippen LogP contribution in [0.1, 0.15) is 0 Å². The van der Waals surface area contributed by atoms with E-state index in [2.05, 4.69) is 10.3 Å². The number of oxazole rings is 1. The summed E-state index contributed by atoms with van der Waals surface area (Å²) < 4.78 is 5.58. The van der Waals surface area contributed by atoms with E-state index in [0.717, 1.165) is 26.2 Å². The number of piperazine rings is 1. The van der Waals surface area contributed by atoms with Gasteiger partial charge >= 0.3 is 0 Å². The SMILES string of the molecule is O=[N+]([O-])c1ccc2nc(N3CCNCC3)oc2c1. The van der Waals surface area contributed by atoms with Gasteiger partial charge in [0.25, 0.3) is 11.7 Å². The minimum absolute atomic E-state index is 0.0190. The molecule has 0 bridgehead atoms. The molecule has 0 saturated carbocycles. The molecule has 1 saturated heterocycles. The van der Waals surface area contributed by atoms with Gasteiger partial charge in [0.15, 0.2) is 5.58 Å². The molecule has 18 heavy (non-hydrogen) atoms. The Bertz CT molecular complexity index is 589. The number of fused-ring (bicyclic) bond motifs is 1. The van der Waals surface area contributed by atoms with Crippen molar-refractivity contribution in [2.24, 2.45) is 0 Å². The smallest absolute Gasteiger partial charge is 0.298 e. The van der Waals surface area contributed by atoms with Crippen molar-refractivity contribution in [1.29, 1.82) is 0 Å². The predicted octanol–water partition coefficient (Wildman–Crippen LogP) is 1.15. The monoisotopic (exact) mass is 248 g/mol. The molecule has 1 aromatic heterocycles. The van der Waals surface area contributed by atoms with Crippen molar-refractivity contribution in [3.8, 4) is 0 Å². The second kappa shape index (κ2) is 4.26. The number of nitro benzene ring substituents is 1.